The number of ether oxygens (including phenoxy) is 1. The first kappa shape index (κ1) is 19.7. The van der Waals surface area contributed by atoms with Crippen molar-refractivity contribution in [1.82, 2.24) is 19.8 Å². The van der Waals surface area contributed by atoms with E-state index in [1.54, 1.807) is 23.8 Å². The molecular weight excluding hydrogens is 402 g/mol. The molecule has 0 saturated heterocycles. The molecule has 0 spiro atoms. The largest absolute Gasteiger partial charge is 0.495 e. The number of fused-ring (bicyclic) bond motifs is 2. The Labute approximate surface area is 184 Å². The number of hydrogen-bond acceptors (Lipinski definition) is 5. The van der Waals surface area contributed by atoms with Gasteiger partial charge in [0, 0.05) is 0 Å². The minimum atomic E-state index is -0.374. The van der Waals surface area contributed by atoms with Gasteiger partial charge in [0.2, 0.25) is 0 Å². The Balaban J connectivity index is 1.61. The number of carbonyl (C=O) groups is 1. The maximum absolute atomic E-state index is 13.0. The number of benzene rings is 3. The zero-order valence-electron chi connectivity index (χ0n) is 18.0. The van der Waals surface area contributed by atoms with Gasteiger partial charge in [-0.3, -0.25) is 4.79 Å². The molecule has 2 heterocycles. The third-order valence-corrected chi connectivity index (χ3v) is 5.57. The smallest absolute Gasteiger partial charge is 0.278 e. The van der Waals surface area contributed by atoms with Crippen LogP contribution >= 0.6 is 0 Å². The van der Waals surface area contributed by atoms with Crippen LogP contribution < -0.4 is 10.1 Å². The molecule has 3 aromatic carbocycles. The second-order valence-corrected chi connectivity index (χ2v) is 7.51. The van der Waals surface area contributed by atoms with E-state index in [1.165, 1.54) is 0 Å². The Bertz CT molecular complexity index is 1480. The molecule has 0 bridgehead atoms. The third-order valence-electron chi connectivity index (χ3n) is 5.57. The van der Waals surface area contributed by atoms with Gasteiger partial charge in [0.25, 0.3) is 5.91 Å². The summed E-state index contributed by atoms with van der Waals surface area (Å²) in [5.41, 5.74) is 4.76. The highest BCUT2D eigenvalue weighted by Crippen LogP contribution is 2.33. The standard InChI is InChI=1S/C25H21N5O2/c1-15-22(19-12-8-10-17-9-4-5-11-18(17)19)24-28-27-23(16(2)30(24)29-15)25(31)26-20-13-6-7-14-21(20)32-3/h4-14H,1-3H3,(H,26,31). The first-order chi connectivity index (χ1) is 15.6. The number of rotatable bonds is 4. The molecule has 0 unspecified atom stereocenters. The Morgan fingerprint density at radius 1 is 0.938 bits per heavy atom. The fraction of sp³-hybridized carbons (Fsp3) is 0.120. The monoisotopic (exact) mass is 423 g/mol. The lowest BCUT2D eigenvalue weighted by molar-refractivity contribution is 0.101. The van der Waals surface area contributed by atoms with Crippen LogP contribution in [0.25, 0.3) is 27.5 Å². The molecule has 0 fully saturated rings. The van der Waals surface area contributed by atoms with Crippen molar-refractivity contribution in [3.8, 4) is 16.9 Å². The zero-order valence-corrected chi connectivity index (χ0v) is 18.0. The molecule has 7 heteroatoms. The molecule has 32 heavy (non-hydrogen) atoms. The summed E-state index contributed by atoms with van der Waals surface area (Å²) in [6.07, 6.45) is 0. The van der Waals surface area contributed by atoms with E-state index in [0.717, 1.165) is 27.6 Å². The number of nitrogens with zero attached hydrogens (tertiary/aromatic N) is 4. The van der Waals surface area contributed by atoms with E-state index < -0.39 is 0 Å². The molecule has 0 radical (unpaired) electrons. The van der Waals surface area contributed by atoms with Crippen LogP contribution in [0.2, 0.25) is 0 Å². The van der Waals surface area contributed by atoms with Crippen LogP contribution in [0.15, 0.2) is 66.7 Å². The normalized spacial score (nSPS) is 11.1. The van der Waals surface area contributed by atoms with Crippen molar-refractivity contribution < 1.29 is 9.53 Å². The molecule has 0 aliphatic rings. The number of amides is 1. The molecule has 1 amide bonds. The lowest BCUT2D eigenvalue weighted by Crippen LogP contribution is -2.19. The first-order valence-electron chi connectivity index (χ1n) is 10.2. The lowest BCUT2D eigenvalue weighted by Gasteiger charge is -2.11. The Hall–Kier alpha value is -4.26. The summed E-state index contributed by atoms with van der Waals surface area (Å²) in [6.45, 7) is 3.76. The van der Waals surface area contributed by atoms with Crippen LogP contribution in [-0.2, 0) is 0 Å². The summed E-state index contributed by atoms with van der Waals surface area (Å²) in [4.78, 5) is 13.0. The highest BCUT2D eigenvalue weighted by molar-refractivity contribution is 6.05. The van der Waals surface area contributed by atoms with Crippen molar-refractivity contribution in [2.45, 2.75) is 13.8 Å². The van der Waals surface area contributed by atoms with Gasteiger partial charge in [0.05, 0.1) is 29.7 Å². The number of aromatic nitrogens is 4. The SMILES string of the molecule is COc1ccccc1NC(=O)c1nnc2c(-c3cccc4ccccc34)c(C)nn2c1C. The molecule has 7 nitrogen and oxygen atoms in total. The number of nitrogens with one attached hydrogen (secondary N) is 1. The maximum atomic E-state index is 13.0. The highest BCUT2D eigenvalue weighted by Gasteiger charge is 2.21. The summed E-state index contributed by atoms with van der Waals surface area (Å²) in [6, 6.07) is 21.6. The summed E-state index contributed by atoms with van der Waals surface area (Å²) in [5.74, 6) is 0.196. The van der Waals surface area contributed by atoms with E-state index in [4.69, 9.17) is 4.74 Å². The average Bonchev–Trinajstić information content (AvgIpc) is 3.16. The molecule has 1 N–H and O–H groups in total. The molecular formula is C25H21N5O2. The second kappa shape index (κ2) is 7.77. The zero-order chi connectivity index (χ0) is 22.2. The van der Waals surface area contributed by atoms with Crippen LogP contribution in [0.1, 0.15) is 21.9 Å². The lowest BCUT2D eigenvalue weighted by atomic mass is 9.98. The molecule has 5 rings (SSSR count). The minimum absolute atomic E-state index is 0.204. The van der Waals surface area contributed by atoms with E-state index in [9.17, 15) is 4.79 Å². The van der Waals surface area contributed by atoms with Crippen molar-refractivity contribution in [3.63, 3.8) is 0 Å². The number of aryl methyl sites for hydroxylation is 2. The molecule has 2 aromatic heterocycles. The molecule has 0 atom stereocenters. The highest BCUT2D eigenvalue weighted by atomic mass is 16.5. The van der Waals surface area contributed by atoms with Gasteiger partial charge in [-0.15, -0.1) is 10.2 Å². The Morgan fingerprint density at radius 2 is 1.69 bits per heavy atom. The van der Waals surface area contributed by atoms with Crippen molar-refractivity contribution in [2.24, 2.45) is 0 Å². The number of hydrogen-bond donors (Lipinski definition) is 1. The fourth-order valence-corrected chi connectivity index (χ4v) is 4.01. The predicted molar refractivity (Wildman–Crippen MR) is 124 cm³/mol. The average molecular weight is 423 g/mol. The molecule has 0 aliphatic heterocycles. The topological polar surface area (TPSA) is 81.4 Å². The van der Waals surface area contributed by atoms with Crippen molar-refractivity contribution in [2.75, 3.05) is 12.4 Å². The van der Waals surface area contributed by atoms with E-state index in [0.29, 0.717) is 22.8 Å². The quantitative estimate of drug-likeness (QED) is 0.448. The van der Waals surface area contributed by atoms with Crippen LogP contribution in [0, 0.1) is 13.8 Å². The number of carbonyl (C=O) groups excluding carboxylic acids is 1. The maximum Gasteiger partial charge on any atom is 0.278 e. The van der Waals surface area contributed by atoms with Crippen LogP contribution in [-0.4, -0.2) is 32.8 Å². The molecule has 5 aromatic rings. The van der Waals surface area contributed by atoms with Crippen molar-refractivity contribution >= 4 is 28.0 Å². The number of anilines is 1. The van der Waals surface area contributed by atoms with E-state index >= 15 is 0 Å². The van der Waals surface area contributed by atoms with Gasteiger partial charge >= 0.3 is 0 Å². The Morgan fingerprint density at radius 3 is 2.53 bits per heavy atom. The van der Waals surface area contributed by atoms with Gasteiger partial charge in [0.15, 0.2) is 11.3 Å². The summed E-state index contributed by atoms with van der Waals surface area (Å²) in [7, 11) is 1.56. The van der Waals surface area contributed by atoms with E-state index in [-0.39, 0.29) is 11.6 Å². The molecule has 0 saturated carbocycles. The van der Waals surface area contributed by atoms with Crippen LogP contribution in [0.3, 0.4) is 0 Å². The fourth-order valence-electron chi connectivity index (χ4n) is 4.01. The van der Waals surface area contributed by atoms with Gasteiger partial charge in [0.1, 0.15) is 5.75 Å². The van der Waals surface area contributed by atoms with E-state index in [1.807, 2.05) is 44.2 Å². The number of para-hydroxylation sites is 2. The first-order valence-corrected chi connectivity index (χ1v) is 10.2. The van der Waals surface area contributed by atoms with E-state index in [2.05, 4.69) is 44.9 Å². The third kappa shape index (κ3) is 3.15. The van der Waals surface area contributed by atoms with Gasteiger partial charge in [-0.1, -0.05) is 54.6 Å². The minimum Gasteiger partial charge on any atom is -0.495 e. The molecule has 158 valence electrons. The van der Waals surface area contributed by atoms with Gasteiger partial charge < -0.3 is 10.1 Å². The van der Waals surface area contributed by atoms with Gasteiger partial charge in [-0.05, 0) is 42.3 Å². The summed E-state index contributed by atoms with van der Waals surface area (Å²) in [5, 5.41) is 18.5. The Kier molecular flexibility index (Phi) is 4.78. The number of methoxy groups -OCH3 is 1. The predicted octanol–water partition coefficient (Wildman–Crippen LogP) is 4.82. The van der Waals surface area contributed by atoms with Crippen LogP contribution in [0.4, 0.5) is 5.69 Å². The summed E-state index contributed by atoms with van der Waals surface area (Å²) >= 11 is 0. The second-order valence-electron chi connectivity index (χ2n) is 7.51. The van der Waals surface area contributed by atoms with Crippen molar-refractivity contribution in [1.29, 1.82) is 0 Å². The summed E-state index contributed by atoms with van der Waals surface area (Å²) < 4.78 is 7.01. The van der Waals surface area contributed by atoms with Crippen LogP contribution in [0.5, 0.6) is 5.75 Å². The van der Waals surface area contributed by atoms with Gasteiger partial charge in [-0.2, -0.15) is 5.10 Å². The van der Waals surface area contributed by atoms with Gasteiger partial charge in [-0.25, -0.2) is 4.52 Å². The molecule has 0 aliphatic carbocycles. The van der Waals surface area contributed by atoms with Crippen molar-refractivity contribution in [3.05, 3.63) is 83.8 Å².